The molecule has 0 saturated heterocycles. The molecule has 0 unspecified atom stereocenters. The molecule has 1 saturated carbocycles. The molecule has 2 aliphatic rings. The number of nitrogens with one attached hydrogen (secondary N) is 2. The van der Waals surface area contributed by atoms with Crippen molar-refractivity contribution in [2.75, 3.05) is 23.7 Å². The number of hydrazone groups is 1. The lowest BCUT2D eigenvalue weighted by Gasteiger charge is -2.13. The van der Waals surface area contributed by atoms with Crippen LogP contribution >= 0.6 is 0 Å². The fourth-order valence-electron chi connectivity index (χ4n) is 4.19. The van der Waals surface area contributed by atoms with E-state index in [1.807, 2.05) is 54.6 Å². The average molecular weight is 419 g/mol. The maximum atomic E-state index is 12.4. The minimum Gasteiger partial charge on any atom is -0.385 e. The summed E-state index contributed by atoms with van der Waals surface area (Å²) >= 11 is 0. The van der Waals surface area contributed by atoms with Gasteiger partial charge in [-0.2, -0.15) is 5.10 Å². The smallest absolute Gasteiger partial charge is 0.243 e. The van der Waals surface area contributed by atoms with Gasteiger partial charge < -0.3 is 10.6 Å². The monoisotopic (exact) mass is 418 g/mol. The lowest BCUT2D eigenvalue weighted by Crippen LogP contribution is -2.25. The van der Waals surface area contributed by atoms with Crippen molar-refractivity contribution < 1.29 is 9.59 Å². The first-order valence-corrected chi connectivity index (χ1v) is 11.2. The summed E-state index contributed by atoms with van der Waals surface area (Å²) in [5, 5.41) is 12.3. The molecule has 2 amide bonds. The van der Waals surface area contributed by atoms with Gasteiger partial charge in [0.25, 0.3) is 0 Å². The van der Waals surface area contributed by atoms with Gasteiger partial charge in [-0.3, -0.25) is 9.59 Å². The molecular formula is C25H30N4O2. The standard InChI is InChI=1S/C25H30N4O2/c30-24(27-22-12-10-21(11-13-22)26-18-19-6-4-5-7-19)14-15-25(31)29-17-16-23(28-29)20-8-2-1-3-9-20/h1-3,8-13,19,26H,4-7,14-18H2,(H,27,30). The molecule has 1 fully saturated rings. The number of hydrogen-bond donors (Lipinski definition) is 2. The van der Waals surface area contributed by atoms with E-state index in [9.17, 15) is 9.59 Å². The largest absolute Gasteiger partial charge is 0.385 e. The van der Waals surface area contributed by atoms with Gasteiger partial charge in [-0.25, -0.2) is 5.01 Å². The highest BCUT2D eigenvalue weighted by atomic mass is 16.2. The van der Waals surface area contributed by atoms with E-state index < -0.39 is 0 Å². The maximum absolute atomic E-state index is 12.4. The normalized spacial score (nSPS) is 16.3. The first-order chi connectivity index (χ1) is 15.2. The topological polar surface area (TPSA) is 73.8 Å². The van der Waals surface area contributed by atoms with Gasteiger partial charge in [0.2, 0.25) is 11.8 Å². The summed E-state index contributed by atoms with van der Waals surface area (Å²) in [7, 11) is 0. The minimum atomic E-state index is -0.161. The highest BCUT2D eigenvalue weighted by Crippen LogP contribution is 2.25. The second kappa shape index (κ2) is 10.2. The molecule has 4 rings (SSSR count). The average Bonchev–Trinajstić information content (AvgIpc) is 3.50. The molecule has 6 nitrogen and oxygen atoms in total. The van der Waals surface area contributed by atoms with Crippen molar-refractivity contribution in [2.24, 2.45) is 11.0 Å². The number of anilines is 2. The molecule has 2 aromatic carbocycles. The Kier molecular flexibility index (Phi) is 6.97. The molecule has 0 aromatic heterocycles. The molecule has 2 aromatic rings. The van der Waals surface area contributed by atoms with Crippen molar-refractivity contribution in [3.63, 3.8) is 0 Å². The van der Waals surface area contributed by atoms with E-state index in [4.69, 9.17) is 0 Å². The molecule has 0 bridgehead atoms. The molecule has 0 atom stereocenters. The number of amides is 2. The summed E-state index contributed by atoms with van der Waals surface area (Å²) in [5.41, 5.74) is 3.77. The molecule has 1 heterocycles. The lowest BCUT2D eigenvalue weighted by molar-refractivity contribution is -0.132. The quantitative estimate of drug-likeness (QED) is 0.656. The zero-order valence-corrected chi connectivity index (χ0v) is 17.8. The van der Waals surface area contributed by atoms with E-state index in [1.165, 1.54) is 30.7 Å². The van der Waals surface area contributed by atoms with Gasteiger partial charge in [0, 0.05) is 37.2 Å². The molecule has 6 heteroatoms. The Morgan fingerprint density at radius 3 is 2.39 bits per heavy atom. The van der Waals surface area contributed by atoms with Crippen molar-refractivity contribution in [2.45, 2.75) is 44.9 Å². The Morgan fingerprint density at radius 1 is 0.935 bits per heavy atom. The van der Waals surface area contributed by atoms with Gasteiger partial charge in [-0.15, -0.1) is 0 Å². The second-order valence-electron chi connectivity index (χ2n) is 8.34. The van der Waals surface area contributed by atoms with Crippen LogP contribution in [0.1, 0.15) is 50.5 Å². The highest BCUT2D eigenvalue weighted by molar-refractivity contribution is 6.02. The van der Waals surface area contributed by atoms with Crippen molar-refractivity contribution in [3.8, 4) is 0 Å². The Hall–Kier alpha value is -3.15. The van der Waals surface area contributed by atoms with Crippen LogP contribution in [0.5, 0.6) is 0 Å². The van der Waals surface area contributed by atoms with E-state index in [1.54, 1.807) is 0 Å². The number of nitrogens with zero attached hydrogens (tertiary/aromatic N) is 2. The fraction of sp³-hybridized carbons (Fsp3) is 0.400. The van der Waals surface area contributed by atoms with E-state index in [-0.39, 0.29) is 24.7 Å². The van der Waals surface area contributed by atoms with E-state index in [0.29, 0.717) is 6.54 Å². The van der Waals surface area contributed by atoms with Crippen LogP contribution in [0.2, 0.25) is 0 Å². The summed E-state index contributed by atoms with van der Waals surface area (Å²) in [5.74, 6) is 0.500. The SMILES string of the molecule is O=C(CCC(=O)N1CCC(c2ccccc2)=N1)Nc1ccc(NCC2CCCC2)cc1. The van der Waals surface area contributed by atoms with Gasteiger partial charge in [-0.05, 0) is 48.6 Å². The van der Waals surface area contributed by atoms with Crippen LogP contribution in [0.4, 0.5) is 11.4 Å². The number of carbonyl (C=O) groups is 2. The van der Waals surface area contributed by atoms with Gasteiger partial charge >= 0.3 is 0 Å². The Labute approximate surface area is 183 Å². The van der Waals surface area contributed by atoms with Crippen LogP contribution in [0, 0.1) is 5.92 Å². The third-order valence-electron chi connectivity index (χ3n) is 6.00. The van der Waals surface area contributed by atoms with Crippen LogP contribution in [0.3, 0.4) is 0 Å². The van der Waals surface area contributed by atoms with Crippen molar-refractivity contribution in [1.29, 1.82) is 0 Å². The zero-order valence-electron chi connectivity index (χ0n) is 17.8. The number of hydrogen-bond acceptors (Lipinski definition) is 4. The van der Waals surface area contributed by atoms with Crippen molar-refractivity contribution >= 4 is 28.9 Å². The molecule has 1 aliphatic carbocycles. The molecule has 1 aliphatic heterocycles. The van der Waals surface area contributed by atoms with Gasteiger partial charge in [-0.1, -0.05) is 43.2 Å². The Bertz CT molecular complexity index is 918. The van der Waals surface area contributed by atoms with Crippen molar-refractivity contribution in [3.05, 3.63) is 60.2 Å². The van der Waals surface area contributed by atoms with E-state index in [0.717, 1.165) is 41.5 Å². The summed E-state index contributed by atoms with van der Waals surface area (Å²) in [6.07, 6.45) is 6.36. The van der Waals surface area contributed by atoms with Gasteiger partial charge in [0.05, 0.1) is 12.3 Å². The van der Waals surface area contributed by atoms with Crippen LogP contribution in [-0.4, -0.2) is 35.6 Å². The van der Waals surface area contributed by atoms with E-state index >= 15 is 0 Å². The van der Waals surface area contributed by atoms with Crippen LogP contribution in [-0.2, 0) is 9.59 Å². The number of carbonyl (C=O) groups excluding carboxylic acids is 2. The maximum Gasteiger partial charge on any atom is 0.243 e. The van der Waals surface area contributed by atoms with E-state index in [2.05, 4.69) is 15.7 Å². The molecule has 0 radical (unpaired) electrons. The Balaban J connectivity index is 1.20. The van der Waals surface area contributed by atoms with Crippen LogP contribution < -0.4 is 10.6 Å². The highest BCUT2D eigenvalue weighted by Gasteiger charge is 2.22. The molecule has 162 valence electrons. The lowest BCUT2D eigenvalue weighted by atomic mass is 10.1. The second-order valence-corrected chi connectivity index (χ2v) is 8.34. The third kappa shape index (κ3) is 5.94. The summed E-state index contributed by atoms with van der Waals surface area (Å²) in [6.45, 7) is 1.58. The predicted molar refractivity (Wildman–Crippen MR) is 124 cm³/mol. The first-order valence-electron chi connectivity index (χ1n) is 11.2. The molecule has 31 heavy (non-hydrogen) atoms. The summed E-state index contributed by atoms with van der Waals surface area (Å²) in [6, 6.07) is 17.6. The Morgan fingerprint density at radius 2 is 1.65 bits per heavy atom. The fourth-order valence-corrected chi connectivity index (χ4v) is 4.19. The first kappa shape index (κ1) is 21.1. The van der Waals surface area contributed by atoms with Crippen molar-refractivity contribution in [1.82, 2.24) is 5.01 Å². The minimum absolute atomic E-state index is 0.118. The van der Waals surface area contributed by atoms with Gasteiger partial charge in [0.1, 0.15) is 0 Å². The molecule has 0 spiro atoms. The number of benzene rings is 2. The number of rotatable bonds is 8. The molecular weight excluding hydrogens is 388 g/mol. The van der Waals surface area contributed by atoms with Crippen LogP contribution in [0.25, 0.3) is 0 Å². The molecule has 2 N–H and O–H groups in total. The third-order valence-corrected chi connectivity index (χ3v) is 6.00. The summed E-state index contributed by atoms with van der Waals surface area (Å²) in [4.78, 5) is 24.7. The van der Waals surface area contributed by atoms with Gasteiger partial charge in [0.15, 0.2) is 0 Å². The zero-order chi connectivity index (χ0) is 21.5. The van der Waals surface area contributed by atoms with Crippen LogP contribution in [0.15, 0.2) is 59.7 Å². The predicted octanol–water partition coefficient (Wildman–Crippen LogP) is 4.64. The summed E-state index contributed by atoms with van der Waals surface area (Å²) < 4.78 is 0.